The summed E-state index contributed by atoms with van der Waals surface area (Å²) in [6.45, 7) is 0. The molecule has 3 N–H and O–H groups in total. The molecular weight excluding hydrogens is 338 g/mol. The van der Waals surface area contributed by atoms with Gasteiger partial charge in [0.1, 0.15) is 12.0 Å². The first kappa shape index (κ1) is 11.4. The van der Waals surface area contributed by atoms with Gasteiger partial charge in [0.2, 0.25) is 0 Å². The summed E-state index contributed by atoms with van der Waals surface area (Å²) in [7, 11) is 0. The average molecular weight is 347 g/mol. The van der Waals surface area contributed by atoms with Gasteiger partial charge in [0, 0.05) is 3.57 Å². The van der Waals surface area contributed by atoms with Crippen molar-refractivity contribution >= 4 is 51.4 Å². The Morgan fingerprint density at radius 2 is 2.00 bits per heavy atom. The Hall–Kier alpha value is -1.08. The highest BCUT2D eigenvalue weighted by Gasteiger charge is 2.07. The number of para-hydroxylation sites is 1. The van der Waals surface area contributed by atoms with Crippen molar-refractivity contribution in [2.45, 2.75) is 0 Å². The molecule has 1 heterocycles. The molecule has 0 radical (unpaired) electrons. The zero-order valence-electron chi connectivity index (χ0n) is 8.11. The summed E-state index contributed by atoms with van der Waals surface area (Å²) in [6.07, 6.45) is 1.37. The quantitative estimate of drug-likeness (QED) is 0.648. The number of hydrogen-bond donors (Lipinski definition) is 2. The van der Waals surface area contributed by atoms with Crippen LogP contribution in [-0.2, 0) is 0 Å². The molecule has 2 rings (SSSR count). The van der Waals surface area contributed by atoms with Gasteiger partial charge in [0.25, 0.3) is 0 Å². The van der Waals surface area contributed by atoms with Crippen LogP contribution in [0.25, 0.3) is 0 Å². The molecule has 0 unspecified atom stereocenters. The molecule has 0 aliphatic carbocycles. The Morgan fingerprint density at radius 3 is 2.75 bits per heavy atom. The second kappa shape index (κ2) is 4.84. The van der Waals surface area contributed by atoms with Gasteiger partial charge in [0.15, 0.2) is 11.0 Å². The predicted octanol–water partition coefficient (Wildman–Crippen LogP) is 3.06. The molecule has 1 aromatic carbocycles. The molecule has 0 aliphatic heterocycles. The van der Waals surface area contributed by atoms with Crippen LogP contribution < -0.4 is 11.1 Å². The van der Waals surface area contributed by atoms with E-state index in [0.29, 0.717) is 11.5 Å². The number of nitrogens with zero attached hydrogens (tertiary/aromatic N) is 2. The van der Waals surface area contributed by atoms with Crippen molar-refractivity contribution < 1.29 is 0 Å². The molecule has 2 aromatic rings. The SMILES string of the molecule is Nc1c(Cl)ncnc1Nc1ccccc1I. The molecule has 82 valence electrons. The lowest BCUT2D eigenvalue weighted by Crippen LogP contribution is -2.01. The fourth-order valence-corrected chi connectivity index (χ4v) is 1.82. The predicted molar refractivity (Wildman–Crippen MR) is 73.9 cm³/mol. The molecule has 0 saturated carbocycles. The van der Waals surface area contributed by atoms with Crippen LogP contribution in [0.4, 0.5) is 17.2 Å². The summed E-state index contributed by atoms with van der Waals surface area (Å²) in [6, 6.07) is 7.83. The smallest absolute Gasteiger partial charge is 0.158 e. The number of nitrogens with one attached hydrogen (secondary N) is 1. The van der Waals surface area contributed by atoms with Crippen molar-refractivity contribution in [2.24, 2.45) is 0 Å². The molecule has 0 spiro atoms. The van der Waals surface area contributed by atoms with Crippen molar-refractivity contribution in [3.05, 3.63) is 39.3 Å². The monoisotopic (exact) mass is 346 g/mol. The highest BCUT2D eigenvalue weighted by molar-refractivity contribution is 14.1. The van der Waals surface area contributed by atoms with Gasteiger partial charge < -0.3 is 11.1 Å². The van der Waals surface area contributed by atoms with Gasteiger partial charge in [-0.15, -0.1) is 0 Å². The van der Waals surface area contributed by atoms with Gasteiger partial charge in [-0.2, -0.15) is 0 Å². The molecule has 4 nitrogen and oxygen atoms in total. The summed E-state index contributed by atoms with van der Waals surface area (Å²) in [5.41, 5.74) is 7.04. The van der Waals surface area contributed by atoms with Gasteiger partial charge in [-0.25, -0.2) is 9.97 Å². The van der Waals surface area contributed by atoms with Crippen molar-refractivity contribution in [1.82, 2.24) is 9.97 Å². The van der Waals surface area contributed by atoms with Crippen LogP contribution >= 0.6 is 34.2 Å². The van der Waals surface area contributed by atoms with Crippen molar-refractivity contribution in [3.63, 3.8) is 0 Å². The Morgan fingerprint density at radius 1 is 1.25 bits per heavy atom. The zero-order chi connectivity index (χ0) is 11.5. The Labute approximate surface area is 111 Å². The number of hydrogen-bond acceptors (Lipinski definition) is 4. The van der Waals surface area contributed by atoms with Crippen LogP contribution in [0.3, 0.4) is 0 Å². The molecule has 6 heteroatoms. The van der Waals surface area contributed by atoms with Gasteiger partial charge in [-0.1, -0.05) is 23.7 Å². The lowest BCUT2D eigenvalue weighted by Gasteiger charge is -2.09. The van der Waals surface area contributed by atoms with E-state index >= 15 is 0 Å². The first-order valence-corrected chi connectivity index (χ1v) is 5.91. The molecule has 0 amide bonds. The van der Waals surface area contributed by atoms with Crippen molar-refractivity contribution in [1.29, 1.82) is 0 Å². The van der Waals surface area contributed by atoms with Crippen LogP contribution in [0.1, 0.15) is 0 Å². The van der Waals surface area contributed by atoms with E-state index in [1.54, 1.807) is 0 Å². The zero-order valence-corrected chi connectivity index (χ0v) is 11.0. The van der Waals surface area contributed by atoms with Gasteiger partial charge in [0.05, 0.1) is 5.69 Å². The fraction of sp³-hybridized carbons (Fsp3) is 0. The standard InChI is InChI=1S/C10H8ClIN4/c11-9-8(13)10(15-5-14-9)16-7-4-2-1-3-6(7)12/h1-5H,13H2,(H,14,15,16). The maximum Gasteiger partial charge on any atom is 0.158 e. The summed E-state index contributed by atoms with van der Waals surface area (Å²) in [4.78, 5) is 7.83. The maximum atomic E-state index is 5.80. The van der Waals surface area contributed by atoms with E-state index in [-0.39, 0.29) is 5.15 Å². The largest absolute Gasteiger partial charge is 0.393 e. The summed E-state index contributed by atoms with van der Waals surface area (Å²) in [5.74, 6) is 0.518. The minimum absolute atomic E-state index is 0.253. The molecule has 0 bridgehead atoms. The van der Waals surface area contributed by atoms with Crippen LogP contribution in [0.2, 0.25) is 5.15 Å². The van der Waals surface area contributed by atoms with E-state index in [1.165, 1.54) is 6.33 Å². The van der Waals surface area contributed by atoms with E-state index < -0.39 is 0 Å². The van der Waals surface area contributed by atoms with Gasteiger partial charge in [-0.05, 0) is 34.7 Å². The van der Waals surface area contributed by atoms with Crippen LogP contribution in [0.5, 0.6) is 0 Å². The van der Waals surface area contributed by atoms with Crippen LogP contribution in [0.15, 0.2) is 30.6 Å². The number of aromatic nitrogens is 2. The number of halogens is 2. The van der Waals surface area contributed by atoms with E-state index in [4.69, 9.17) is 17.3 Å². The molecule has 1 aromatic heterocycles. The fourth-order valence-electron chi connectivity index (χ4n) is 1.16. The second-order valence-corrected chi connectivity index (χ2v) is 4.55. The lowest BCUT2D eigenvalue weighted by atomic mass is 10.3. The highest BCUT2D eigenvalue weighted by Crippen LogP contribution is 2.27. The van der Waals surface area contributed by atoms with Gasteiger partial charge in [-0.3, -0.25) is 0 Å². The average Bonchev–Trinajstić information content (AvgIpc) is 2.28. The lowest BCUT2D eigenvalue weighted by molar-refractivity contribution is 1.17. The Bertz CT molecular complexity index is 518. The molecule has 0 aliphatic rings. The molecule has 0 saturated heterocycles. The van der Waals surface area contributed by atoms with Crippen LogP contribution in [0, 0.1) is 3.57 Å². The summed E-state index contributed by atoms with van der Waals surface area (Å²) >= 11 is 8.03. The number of nitrogens with two attached hydrogens (primary N) is 1. The molecular formula is C10H8ClIN4. The third-order valence-corrected chi connectivity index (χ3v) is 3.20. The first-order valence-electron chi connectivity index (χ1n) is 4.46. The number of anilines is 3. The van der Waals surface area contributed by atoms with Crippen LogP contribution in [-0.4, -0.2) is 9.97 Å². The van der Waals surface area contributed by atoms with E-state index in [1.807, 2.05) is 24.3 Å². The number of rotatable bonds is 2. The molecule has 0 atom stereocenters. The molecule has 16 heavy (non-hydrogen) atoms. The van der Waals surface area contributed by atoms with Gasteiger partial charge >= 0.3 is 0 Å². The second-order valence-electron chi connectivity index (χ2n) is 3.03. The summed E-state index contributed by atoms with van der Waals surface area (Å²) < 4.78 is 1.08. The Balaban J connectivity index is 2.35. The molecule has 0 fully saturated rings. The maximum absolute atomic E-state index is 5.80. The van der Waals surface area contributed by atoms with E-state index in [9.17, 15) is 0 Å². The van der Waals surface area contributed by atoms with Crippen molar-refractivity contribution in [3.8, 4) is 0 Å². The number of benzene rings is 1. The van der Waals surface area contributed by atoms with E-state index in [0.717, 1.165) is 9.26 Å². The normalized spacial score (nSPS) is 10.1. The minimum Gasteiger partial charge on any atom is -0.393 e. The minimum atomic E-state index is 0.253. The first-order chi connectivity index (χ1) is 7.68. The van der Waals surface area contributed by atoms with E-state index in [2.05, 4.69) is 37.9 Å². The highest BCUT2D eigenvalue weighted by atomic mass is 127. The third kappa shape index (κ3) is 2.35. The summed E-state index contributed by atoms with van der Waals surface area (Å²) in [5, 5.41) is 3.37. The van der Waals surface area contributed by atoms with Crippen molar-refractivity contribution in [2.75, 3.05) is 11.1 Å². The third-order valence-electron chi connectivity index (χ3n) is 1.96. The number of nitrogen functional groups attached to an aromatic ring is 1. The Kier molecular flexibility index (Phi) is 3.45. The topological polar surface area (TPSA) is 63.8 Å².